The van der Waals surface area contributed by atoms with Crippen LogP contribution in [0.15, 0.2) is 72.5 Å². The zero-order valence-electron chi connectivity index (χ0n) is 17.3. The van der Waals surface area contributed by atoms with E-state index in [-0.39, 0.29) is 17.3 Å². The topological polar surface area (TPSA) is 88.1 Å². The predicted octanol–water partition coefficient (Wildman–Crippen LogP) is 4.32. The number of ketones is 1. The van der Waals surface area contributed by atoms with E-state index in [4.69, 9.17) is 14.2 Å². The van der Waals surface area contributed by atoms with Gasteiger partial charge in [0.1, 0.15) is 17.2 Å². The minimum Gasteiger partial charge on any atom is -0.497 e. The number of rotatable bonds is 5. The average Bonchev–Trinajstić information content (AvgIpc) is 3.13. The highest BCUT2D eigenvalue weighted by molar-refractivity contribution is 6.14. The highest BCUT2D eigenvalue weighted by Crippen LogP contribution is 2.35. The molecule has 0 amide bonds. The van der Waals surface area contributed by atoms with E-state index in [9.17, 15) is 14.4 Å². The van der Waals surface area contributed by atoms with E-state index in [0.29, 0.717) is 33.8 Å². The summed E-state index contributed by atoms with van der Waals surface area (Å²) >= 11 is 0. The average molecular weight is 430 g/mol. The van der Waals surface area contributed by atoms with Gasteiger partial charge in [-0.05, 0) is 60.2 Å². The summed E-state index contributed by atoms with van der Waals surface area (Å²) in [6.07, 6.45) is 1.58. The molecule has 0 radical (unpaired) electrons. The minimum absolute atomic E-state index is 0.129. The summed E-state index contributed by atoms with van der Waals surface area (Å²) < 4.78 is 20.8. The number of carbonyl (C=O) groups excluding carboxylic acids is 3. The zero-order valence-corrected chi connectivity index (χ0v) is 17.3. The van der Waals surface area contributed by atoms with Crippen molar-refractivity contribution in [1.82, 2.24) is 0 Å². The molecule has 0 saturated heterocycles. The molecule has 1 aliphatic rings. The number of esters is 2. The number of carbonyl (C=O) groups is 3. The van der Waals surface area contributed by atoms with Crippen molar-refractivity contribution in [3.05, 3.63) is 94.7 Å². The van der Waals surface area contributed by atoms with Gasteiger partial charge in [0.15, 0.2) is 5.76 Å². The summed E-state index contributed by atoms with van der Waals surface area (Å²) in [5, 5.41) is 0. The lowest BCUT2D eigenvalue weighted by atomic mass is 10.1. The SMILES string of the molecule is COC(=O)c1ccc(C=C2Oc3cc(OC(=O)c4ccc(OC)cc4)ccc3C2=O)cc1. The number of fused-ring (bicyclic) bond motifs is 1. The molecule has 32 heavy (non-hydrogen) atoms. The van der Waals surface area contributed by atoms with E-state index >= 15 is 0 Å². The van der Waals surface area contributed by atoms with Crippen LogP contribution >= 0.6 is 0 Å². The van der Waals surface area contributed by atoms with Crippen molar-refractivity contribution >= 4 is 23.8 Å². The van der Waals surface area contributed by atoms with Crippen molar-refractivity contribution in [1.29, 1.82) is 0 Å². The lowest BCUT2D eigenvalue weighted by Crippen LogP contribution is -2.08. The van der Waals surface area contributed by atoms with Gasteiger partial charge in [-0.1, -0.05) is 12.1 Å². The number of hydrogen-bond donors (Lipinski definition) is 0. The highest BCUT2D eigenvalue weighted by atomic mass is 16.5. The first-order chi connectivity index (χ1) is 15.5. The minimum atomic E-state index is -0.543. The molecule has 7 nitrogen and oxygen atoms in total. The molecule has 0 aliphatic carbocycles. The number of ether oxygens (including phenoxy) is 4. The van der Waals surface area contributed by atoms with Gasteiger partial charge in [-0.3, -0.25) is 4.79 Å². The van der Waals surface area contributed by atoms with Gasteiger partial charge < -0.3 is 18.9 Å². The van der Waals surface area contributed by atoms with Crippen molar-refractivity contribution in [3.8, 4) is 17.2 Å². The molecule has 4 rings (SSSR count). The van der Waals surface area contributed by atoms with Crippen LogP contribution < -0.4 is 14.2 Å². The summed E-state index contributed by atoms with van der Waals surface area (Å²) in [5.41, 5.74) is 1.81. The van der Waals surface area contributed by atoms with Crippen LogP contribution in [0, 0.1) is 0 Å². The molecule has 160 valence electrons. The first-order valence-electron chi connectivity index (χ1n) is 9.61. The Bertz CT molecular complexity index is 1220. The van der Waals surface area contributed by atoms with Crippen LogP contribution in [-0.4, -0.2) is 31.9 Å². The van der Waals surface area contributed by atoms with Crippen LogP contribution in [0.2, 0.25) is 0 Å². The maximum atomic E-state index is 12.7. The first kappa shape index (κ1) is 20.9. The van der Waals surface area contributed by atoms with Crippen molar-refractivity contribution in [2.45, 2.75) is 0 Å². The maximum Gasteiger partial charge on any atom is 0.343 e. The lowest BCUT2D eigenvalue weighted by molar-refractivity contribution is 0.0600. The fraction of sp³-hybridized carbons (Fsp3) is 0.0800. The van der Waals surface area contributed by atoms with E-state index in [1.807, 2.05) is 0 Å². The van der Waals surface area contributed by atoms with Gasteiger partial charge in [-0.2, -0.15) is 0 Å². The smallest absolute Gasteiger partial charge is 0.343 e. The number of hydrogen-bond acceptors (Lipinski definition) is 7. The Hall–Kier alpha value is -4.39. The Balaban J connectivity index is 1.49. The Morgan fingerprint density at radius 3 is 2.09 bits per heavy atom. The van der Waals surface area contributed by atoms with Gasteiger partial charge in [0.05, 0.1) is 30.9 Å². The van der Waals surface area contributed by atoms with Gasteiger partial charge >= 0.3 is 11.9 Å². The van der Waals surface area contributed by atoms with Crippen LogP contribution in [0.25, 0.3) is 6.08 Å². The number of benzene rings is 3. The van der Waals surface area contributed by atoms with Crippen molar-refractivity contribution in [3.63, 3.8) is 0 Å². The molecule has 0 saturated carbocycles. The normalized spacial score (nSPS) is 13.3. The maximum absolute atomic E-state index is 12.7. The van der Waals surface area contributed by atoms with Gasteiger partial charge in [-0.15, -0.1) is 0 Å². The first-order valence-corrected chi connectivity index (χ1v) is 9.61. The van der Waals surface area contributed by atoms with E-state index in [0.717, 1.165) is 0 Å². The molecule has 0 spiro atoms. The van der Waals surface area contributed by atoms with Crippen LogP contribution in [0.1, 0.15) is 36.6 Å². The molecule has 0 atom stereocenters. The van der Waals surface area contributed by atoms with Gasteiger partial charge in [0.2, 0.25) is 5.78 Å². The standard InChI is InChI=1S/C25H18O7/c1-29-18-9-7-17(8-10-18)25(28)31-19-11-12-20-21(14-19)32-22(23(20)26)13-15-3-5-16(6-4-15)24(27)30-2/h3-14H,1-2H3. The molecule has 0 fully saturated rings. The molecule has 0 aromatic heterocycles. The summed E-state index contributed by atoms with van der Waals surface area (Å²) in [7, 11) is 2.85. The molecule has 3 aromatic rings. The second-order valence-electron chi connectivity index (χ2n) is 6.83. The third-order valence-corrected chi connectivity index (χ3v) is 4.81. The molecular formula is C25H18O7. The Labute approximate surface area is 183 Å². The van der Waals surface area contributed by atoms with Crippen LogP contribution in [-0.2, 0) is 4.74 Å². The van der Waals surface area contributed by atoms with Gasteiger partial charge in [0.25, 0.3) is 0 Å². The largest absolute Gasteiger partial charge is 0.497 e. The van der Waals surface area contributed by atoms with E-state index in [1.165, 1.54) is 19.2 Å². The highest BCUT2D eigenvalue weighted by Gasteiger charge is 2.28. The summed E-state index contributed by atoms with van der Waals surface area (Å²) in [5.74, 6) is 0.0354. The summed E-state index contributed by atoms with van der Waals surface area (Å²) in [6, 6.07) is 17.7. The van der Waals surface area contributed by atoms with Crippen LogP contribution in [0.5, 0.6) is 17.2 Å². The molecule has 1 heterocycles. The number of Topliss-reactive ketones (excluding diaryl/α,β-unsaturated/α-hetero) is 1. The molecular weight excluding hydrogens is 412 g/mol. The molecule has 0 N–H and O–H groups in total. The monoisotopic (exact) mass is 430 g/mol. The number of methoxy groups -OCH3 is 2. The Morgan fingerprint density at radius 2 is 1.44 bits per heavy atom. The van der Waals surface area contributed by atoms with Gasteiger partial charge in [-0.25, -0.2) is 9.59 Å². The molecule has 3 aromatic carbocycles. The zero-order chi connectivity index (χ0) is 22.7. The summed E-state index contributed by atoms with van der Waals surface area (Å²) in [6.45, 7) is 0. The predicted molar refractivity (Wildman–Crippen MR) is 115 cm³/mol. The van der Waals surface area contributed by atoms with Crippen molar-refractivity contribution < 1.29 is 33.3 Å². The fourth-order valence-corrected chi connectivity index (χ4v) is 3.11. The molecule has 0 bridgehead atoms. The third kappa shape index (κ3) is 4.22. The molecule has 0 unspecified atom stereocenters. The van der Waals surface area contributed by atoms with E-state index < -0.39 is 11.9 Å². The van der Waals surface area contributed by atoms with Crippen molar-refractivity contribution in [2.75, 3.05) is 14.2 Å². The molecule has 7 heteroatoms. The quantitative estimate of drug-likeness (QED) is 0.338. The second-order valence-corrected chi connectivity index (χ2v) is 6.83. The Kier molecular flexibility index (Phi) is 5.72. The Morgan fingerprint density at radius 1 is 0.812 bits per heavy atom. The fourth-order valence-electron chi connectivity index (χ4n) is 3.11. The van der Waals surface area contributed by atoms with Gasteiger partial charge in [0, 0.05) is 6.07 Å². The van der Waals surface area contributed by atoms with Crippen molar-refractivity contribution in [2.24, 2.45) is 0 Å². The lowest BCUT2D eigenvalue weighted by Gasteiger charge is -2.06. The van der Waals surface area contributed by atoms with Crippen LogP contribution in [0.3, 0.4) is 0 Å². The third-order valence-electron chi connectivity index (χ3n) is 4.81. The van der Waals surface area contributed by atoms with E-state index in [2.05, 4.69) is 4.74 Å². The molecule has 1 aliphatic heterocycles. The summed E-state index contributed by atoms with van der Waals surface area (Å²) in [4.78, 5) is 36.6. The van der Waals surface area contributed by atoms with E-state index in [1.54, 1.807) is 67.8 Å². The van der Waals surface area contributed by atoms with Crippen LogP contribution in [0.4, 0.5) is 0 Å². The second kappa shape index (κ2) is 8.77. The number of allylic oxidation sites excluding steroid dienone is 1.